The van der Waals surface area contributed by atoms with Gasteiger partial charge in [0.15, 0.2) is 5.11 Å². The van der Waals surface area contributed by atoms with Gasteiger partial charge in [-0.25, -0.2) is 4.98 Å². The highest BCUT2D eigenvalue weighted by molar-refractivity contribution is 7.80. The molecular formula is C15H23N3S. The van der Waals surface area contributed by atoms with Crippen LogP contribution in [0.2, 0.25) is 0 Å². The zero-order chi connectivity index (χ0) is 13.5. The summed E-state index contributed by atoms with van der Waals surface area (Å²) < 4.78 is 0. The molecule has 1 saturated carbocycles. The molecule has 1 fully saturated rings. The van der Waals surface area contributed by atoms with E-state index in [0.29, 0.717) is 11.2 Å². The summed E-state index contributed by atoms with van der Waals surface area (Å²) in [6.07, 6.45) is 11.0. The lowest BCUT2D eigenvalue weighted by atomic mass is 9.97. The van der Waals surface area contributed by atoms with Crippen LogP contribution in [0.4, 0.5) is 5.82 Å². The second kappa shape index (κ2) is 7.43. The summed E-state index contributed by atoms with van der Waals surface area (Å²) in [5.74, 6) is 0.823. The molecule has 1 aromatic heterocycles. The van der Waals surface area contributed by atoms with Gasteiger partial charge in [0.05, 0.1) is 0 Å². The highest BCUT2D eigenvalue weighted by Crippen LogP contribution is 2.17. The van der Waals surface area contributed by atoms with Gasteiger partial charge in [-0.3, -0.25) is 0 Å². The Kier molecular flexibility index (Phi) is 5.58. The first kappa shape index (κ1) is 14.3. The van der Waals surface area contributed by atoms with E-state index in [1.54, 1.807) is 6.20 Å². The molecule has 2 rings (SSSR count). The Morgan fingerprint density at radius 2 is 1.89 bits per heavy atom. The predicted octanol–water partition coefficient (Wildman–Crippen LogP) is 3.79. The van der Waals surface area contributed by atoms with Crippen LogP contribution in [0.1, 0.15) is 50.5 Å². The average molecular weight is 277 g/mol. The second-order valence-electron chi connectivity index (χ2n) is 5.36. The van der Waals surface area contributed by atoms with Crippen LogP contribution in [-0.4, -0.2) is 16.1 Å². The number of hydrogen-bond donors (Lipinski definition) is 2. The van der Waals surface area contributed by atoms with Crippen molar-refractivity contribution >= 4 is 23.1 Å². The average Bonchev–Trinajstić information content (AvgIpc) is 2.32. The molecule has 0 spiro atoms. The van der Waals surface area contributed by atoms with Crippen molar-refractivity contribution in [1.29, 1.82) is 0 Å². The summed E-state index contributed by atoms with van der Waals surface area (Å²) in [6, 6.07) is 4.51. The predicted molar refractivity (Wildman–Crippen MR) is 84.4 cm³/mol. The van der Waals surface area contributed by atoms with Gasteiger partial charge in [-0.05, 0) is 49.7 Å². The van der Waals surface area contributed by atoms with Gasteiger partial charge in [-0.1, -0.05) is 32.1 Å². The minimum atomic E-state index is 0.519. The largest absolute Gasteiger partial charge is 0.360 e. The Balaban J connectivity index is 1.82. The van der Waals surface area contributed by atoms with Gasteiger partial charge < -0.3 is 10.6 Å². The van der Waals surface area contributed by atoms with Gasteiger partial charge in [-0.15, -0.1) is 0 Å². The molecule has 1 aliphatic carbocycles. The lowest BCUT2D eigenvalue weighted by molar-refractivity contribution is 0.430. The highest BCUT2D eigenvalue weighted by Gasteiger charge is 2.12. The number of nitrogens with zero attached hydrogens (tertiary/aromatic N) is 1. The number of hydrogen-bond acceptors (Lipinski definition) is 2. The van der Waals surface area contributed by atoms with E-state index in [0.717, 1.165) is 5.82 Å². The fraction of sp³-hybridized carbons (Fsp3) is 0.600. The van der Waals surface area contributed by atoms with Crippen molar-refractivity contribution in [3.05, 3.63) is 23.9 Å². The Labute approximate surface area is 121 Å². The summed E-state index contributed by atoms with van der Waals surface area (Å²) in [6.45, 7) is 2.05. The Morgan fingerprint density at radius 1 is 1.21 bits per heavy atom. The zero-order valence-electron chi connectivity index (χ0n) is 11.6. The normalized spacial score (nSPS) is 17.3. The molecule has 0 unspecified atom stereocenters. The molecule has 1 heterocycles. The van der Waals surface area contributed by atoms with E-state index in [1.165, 1.54) is 50.5 Å². The maximum absolute atomic E-state index is 5.38. The number of thiocarbonyl (C=S) groups is 1. The van der Waals surface area contributed by atoms with E-state index >= 15 is 0 Å². The Hall–Kier alpha value is -1.16. The van der Waals surface area contributed by atoms with Crippen molar-refractivity contribution in [3.8, 4) is 0 Å². The fourth-order valence-corrected chi connectivity index (χ4v) is 2.81. The van der Waals surface area contributed by atoms with Crippen LogP contribution in [0.3, 0.4) is 0 Å². The van der Waals surface area contributed by atoms with Gasteiger partial charge in [0.2, 0.25) is 0 Å². The van der Waals surface area contributed by atoms with Crippen LogP contribution < -0.4 is 10.6 Å². The molecule has 0 aromatic carbocycles. The quantitative estimate of drug-likeness (QED) is 0.807. The van der Waals surface area contributed by atoms with Gasteiger partial charge in [-0.2, -0.15) is 0 Å². The summed E-state index contributed by atoms with van der Waals surface area (Å²) in [5, 5.41) is 7.31. The molecule has 1 aliphatic rings. The van der Waals surface area contributed by atoms with E-state index in [1.807, 2.05) is 12.1 Å². The lowest BCUT2D eigenvalue weighted by Crippen LogP contribution is -2.38. The molecule has 3 nitrogen and oxygen atoms in total. The first-order valence-corrected chi connectivity index (χ1v) is 7.65. The summed E-state index contributed by atoms with van der Waals surface area (Å²) in [4.78, 5) is 4.27. The minimum absolute atomic E-state index is 0.519. The first-order valence-electron chi connectivity index (χ1n) is 7.24. The second-order valence-corrected chi connectivity index (χ2v) is 5.77. The number of aromatic nitrogens is 1. The van der Waals surface area contributed by atoms with E-state index in [-0.39, 0.29) is 0 Å². The number of rotatable bonds is 2. The van der Waals surface area contributed by atoms with Crippen molar-refractivity contribution in [2.45, 2.75) is 57.9 Å². The monoisotopic (exact) mass is 277 g/mol. The third-order valence-electron chi connectivity index (χ3n) is 3.60. The van der Waals surface area contributed by atoms with E-state index in [2.05, 4.69) is 22.5 Å². The number of pyridine rings is 1. The highest BCUT2D eigenvalue weighted by atomic mass is 32.1. The summed E-state index contributed by atoms with van der Waals surface area (Å²) >= 11 is 5.38. The smallest absolute Gasteiger partial charge is 0.172 e. The standard InChI is InChI=1S/C15H23N3S/c1-12-9-10-16-14(11-12)18-15(19)17-13-7-5-3-2-4-6-8-13/h9-11,13H,2-8H2,1H3,(H2,16,17,18,19). The van der Waals surface area contributed by atoms with Crippen molar-refractivity contribution in [2.75, 3.05) is 5.32 Å². The SMILES string of the molecule is Cc1ccnc(NC(=S)NC2CCCCCCC2)c1. The molecule has 0 saturated heterocycles. The van der Waals surface area contributed by atoms with E-state index in [9.17, 15) is 0 Å². The molecule has 0 aliphatic heterocycles. The molecule has 104 valence electrons. The van der Waals surface area contributed by atoms with E-state index < -0.39 is 0 Å². The van der Waals surface area contributed by atoms with Crippen LogP contribution >= 0.6 is 12.2 Å². The lowest BCUT2D eigenvalue weighted by Gasteiger charge is -2.22. The Morgan fingerprint density at radius 3 is 2.58 bits per heavy atom. The van der Waals surface area contributed by atoms with Gasteiger partial charge in [0, 0.05) is 12.2 Å². The fourth-order valence-electron chi connectivity index (χ4n) is 2.54. The number of anilines is 1. The van der Waals surface area contributed by atoms with Gasteiger partial charge in [0.25, 0.3) is 0 Å². The Bertz CT molecular complexity index is 412. The summed E-state index contributed by atoms with van der Waals surface area (Å²) in [5.41, 5.74) is 1.19. The van der Waals surface area contributed by atoms with Crippen molar-refractivity contribution in [1.82, 2.24) is 10.3 Å². The third kappa shape index (κ3) is 5.15. The summed E-state index contributed by atoms with van der Waals surface area (Å²) in [7, 11) is 0. The first-order chi connectivity index (χ1) is 9.24. The number of aryl methyl sites for hydroxylation is 1. The molecule has 0 atom stereocenters. The molecule has 19 heavy (non-hydrogen) atoms. The molecule has 1 aromatic rings. The molecule has 0 radical (unpaired) electrons. The van der Waals surface area contributed by atoms with Crippen LogP contribution in [0, 0.1) is 6.92 Å². The molecule has 4 heteroatoms. The van der Waals surface area contributed by atoms with Crippen LogP contribution in [0.5, 0.6) is 0 Å². The van der Waals surface area contributed by atoms with Gasteiger partial charge >= 0.3 is 0 Å². The van der Waals surface area contributed by atoms with E-state index in [4.69, 9.17) is 12.2 Å². The molecular weight excluding hydrogens is 254 g/mol. The zero-order valence-corrected chi connectivity index (χ0v) is 12.4. The molecule has 2 N–H and O–H groups in total. The minimum Gasteiger partial charge on any atom is -0.360 e. The maximum Gasteiger partial charge on any atom is 0.172 e. The van der Waals surface area contributed by atoms with Crippen molar-refractivity contribution < 1.29 is 0 Å². The number of nitrogens with one attached hydrogen (secondary N) is 2. The van der Waals surface area contributed by atoms with Gasteiger partial charge in [0.1, 0.15) is 5.82 Å². The topological polar surface area (TPSA) is 37.0 Å². The maximum atomic E-state index is 5.38. The molecule has 0 amide bonds. The third-order valence-corrected chi connectivity index (χ3v) is 3.82. The van der Waals surface area contributed by atoms with Crippen molar-refractivity contribution in [2.24, 2.45) is 0 Å². The van der Waals surface area contributed by atoms with Crippen LogP contribution in [0.25, 0.3) is 0 Å². The van der Waals surface area contributed by atoms with Crippen molar-refractivity contribution in [3.63, 3.8) is 0 Å². The molecule has 0 bridgehead atoms. The van der Waals surface area contributed by atoms with Crippen LogP contribution in [-0.2, 0) is 0 Å². The van der Waals surface area contributed by atoms with Crippen LogP contribution in [0.15, 0.2) is 18.3 Å².